The number of aryl methyl sites for hydroxylation is 1. The topological polar surface area (TPSA) is 34.9 Å². The zero-order valence-electron chi connectivity index (χ0n) is 11.9. The van der Waals surface area contributed by atoms with Crippen molar-refractivity contribution in [1.82, 2.24) is 9.55 Å². The number of rotatable bonds is 4. The molecule has 1 heterocycles. The van der Waals surface area contributed by atoms with Crippen molar-refractivity contribution in [3.05, 3.63) is 52.1 Å². The Labute approximate surface area is 119 Å². The third kappa shape index (κ3) is 2.65. The van der Waals surface area contributed by atoms with E-state index in [0.717, 1.165) is 29.9 Å². The molecular weight excluding hydrogens is 248 g/mol. The van der Waals surface area contributed by atoms with Crippen LogP contribution in [-0.4, -0.2) is 9.55 Å². The van der Waals surface area contributed by atoms with E-state index >= 15 is 0 Å². The molecule has 0 aliphatic heterocycles. The van der Waals surface area contributed by atoms with Gasteiger partial charge in [0.2, 0.25) is 0 Å². The first-order valence-electron chi connectivity index (χ1n) is 6.76. The second kappa shape index (κ2) is 6.21. The normalized spacial score (nSPS) is 10.2. The molecule has 2 aromatic rings. The van der Waals surface area contributed by atoms with Crippen LogP contribution < -0.4 is 5.56 Å². The summed E-state index contributed by atoms with van der Waals surface area (Å²) in [7, 11) is 1.76. The quantitative estimate of drug-likeness (QED) is 0.797. The van der Waals surface area contributed by atoms with Gasteiger partial charge in [0.25, 0.3) is 5.56 Å². The second-order valence-corrected chi connectivity index (χ2v) is 4.72. The van der Waals surface area contributed by atoms with Crippen LogP contribution in [0.25, 0.3) is 11.3 Å². The molecular formula is C17H18N2O. The van der Waals surface area contributed by atoms with Gasteiger partial charge < -0.3 is 0 Å². The minimum atomic E-state index is -0.0414. The number of terminal acetylenes is 1. The molecule has 0 N–H and O–H groups in total. The molecule has 20 heavy (non-hydrogen) atoms. The number of hydrogen-bond acceptors (Lipinski definition) is 2. The summed E-state index contributed by atoms with van der Waals surface area (Å²) < 4.78 is 1.61. The molecule has 0 saturated carbocycles. The van der Waals surface area contributed by atoms with Gasteiger partial charge in [-0.2, -0.15) is 0 Å². The Balaban J connectivity index is 2.71. The van der Waals surface area contributed by atoms with Crippen LogP contribution in [0.3, 0.4) is 0 Å². The van der Waals surface area contributed by atoms with Gasteiger partial charge in [0.1, 0.15) is 5.82 Å². The lowest BCUT2D eigenvalue weighted by Gasteiger charge is -2.13. The standard InChI is InChI=1S/C17H18N2O/c1-4-9-14-16(13-11-7-6-8-12-13)18-15(10-5-2)19(3)17(14)20/h1,6-8,11-12H,5,9-10H2,2-3H3. The van der Waals surface area contributed by atoms with Crippen molar-refractivity contribution in [3.8, 4) is 23.6 Å². The van der Waals surface area contributed by atoms with E-state index in [-0.39, 0.29) is 5.56 Å². The van der Waals surface area contributed by atoms with Crippen LogP contribution in [0, 0.1) is 12.3 Å². The first-order chi connectivity index (χ1) is 9.69. The van der Waals surface area contributed by atoms with Crippen LogP contribution >= 0.6 is 0 Å². The molecule has 0 aliphatic rings. The zero-order valence-corrected chi connectivity index (χ0v) is 11.9. The molecule has 0 bridgehead atoms. The van der Waals surface area contributed by atoms with E-state index < -0.39 is 0 Å². The van der Waals surface area contributed by atoms with E-state index in [1.54, 1.807) is 11.6 Å². The fourth-order valence-electron chi connectivity index (χ4n) is 2.24. The molecule has 0 unspecified atom stereocenters. The zero-order chi connectivity index (χ0) is 14.5. The lowest BCUT2D eigenvalue weighted by Crippen LogP contribution is -2.27. The molecule has 1 aromatic heterocycles. The van der Waals surface area contributed by atoms with Crippen LogP contribution in [0.15, 0.2) is 35.1 Å². The molecule has 0 radical (unpaired) electrons. The smallest absolute Gasteiger partial charge is 0.258 e. The van der Waals surface area contributed by atoms with Crippen molar-refractivity contribution in [3.63, 3.8) is 0 Å². The van der Waals surface area contributed by atoms with Gasteiger partial charge in [-0.1, -0.05) is 37.3 Å². The Bertz CT molecular complexity index is 693. The third-order valence-electron chi connectivity index (χ3n) is 3.28. The molecule has 0 amide bonds. The van der Waals surface area contributed by atoms with Crippen LogP contribution in [0.4, 0.5) is 0 Å². The Morgan fingerprint density at radius 2 is 2.00 bits per heavy atom. The second-order valence-electron chi connectivity index (χ2n) is 4.72. The molecule has 2 rings (SSSR count). The Hall–Kier alpha value is -2.34. The van der Waals surface area contributed by atoms with Crippen LogP contribution in [-0.2, 0) is 19.9 Å². The highest BCUT2D eigenvalue weighted by atomic mass is 16.1. The van der Waals surface area contributed by atoms with Crippen molar-refractivity contribution < 1.29 is 0 Å². The van der Waals surface area contributed by atoms with E-state index in [9.17, 15) is 4.79 Å². The molecule has 0 saturated heterocycles. The molecule has 102 valence electrons. The van der Waals surface area contributed by atoms with Gasteiger partial charge in [-0.15, -0.1) is 12.3 Å². The van der Waals surface area contributed by atoms with Crippen LogP contribution in [0.2, 0.25) is 0 Å². The fraction of sp³-hybridized carbons (Fsp3) is 0.294. The molecule has 1 aromatic carbocycles. The SMILES string of the molecule is C#CCc1c(-c2ccccc2)nc(CCC)n(C)c1=O. The van der Waals surface area contributed by atoms with Crippen molar-refractivity contribution in [1.29, 1.82) is 0 Å². The van der Waals surface area contributed by atoms with Crippen LogP contribution in [0.1, 0.15) is 24.7 Å². The highest BCUT2D eigenvalue weighted by Gasteiger charge is 2.14. The van der Waals surface area contributed by atoms with E-state index in [1.807, 2.05) is 30.3 Å². The predicted octanol–water partition coefficient (Wildman–Crippen LogP) is 2.58. The first kappa shape index (κ1) is 14.1. The third-order valence-corrected chi connectivity index (χ3v) is 3.28. The van der Waals surface area contributed by atoms with E-state index in [4.69, 9.17) is 6.42 Å². The summed E-state index contributed by atoms with van der Waals surface area (Å²) >= 11 is 0. The Morgan fingerprint density at radius 1 is 1.30 bits per heavy atom. The Kier molecular flexibility index (Phi) is 4.37. The van der Waals surface area contributed by atoms with Gasteiger partial charge in [-0.05, 0) is 6.42 Å². The van der Waals surface area contributed by atoms with Gasteiger partial charge >= 0.3 is 0 Å². The molecule has 0 aliphatic carbocycles. The highest BCUT2D eigenvalue weighted by molar-refractivity contribution is 5.63. The minimum Gasteiger partial charge on any atom is -0.300 e. The van der Waals surface area contributed by atoms with Gasteiger partial charge in [0.15, 0.2) is 0 Å². The molecule has 0 spiro atoms. The summed E-state index contributed by atoms with van der Waals surface area (Å²) in [4.78, 5) is 17.2. The maximum atomic E-state index is 12.5. The average Bonchev–Trinajstić information content (AvgIpc) is 2.48. The van der Waals surface area contributed by atoms with E-state index in [0.29, 0.717) is 12.0 Å². The molecule has 0 fully saturated rings. The maximum absolute atomic E-state index is 12.5. The van der Waals surface area contributed by atoms with E-state index in [1.165, 1.54) is 0 Å². The van der Waals surface area contributed by atoms with Crippen molar-refractivity contribution in [2.45, 2.75) is 26.2 Å². The van der Waals surface area contributed by atoms with Gasteiger partial charge in [-0.3, -0.25) is 9.36 Å². The summed E-state index contributed by atoms with van der Waals surface area (Å²) in [6, 6.07) is 9.73. The molecule has 0 atom stereocenters. The lowest BCUT2D eigenvalue weighted by atomic mass is 10.0. The average molecular weight is 266 g/mol. The maximum Gasteiger partial charge on any atom is 0.258 e. The summed E-state index contributed by atoms with van der Waals surface area (Å²) in [5.74, 6) is 3.36. The summed E-state index contributed by atoms with van der Waals surface area (Å²) in [6.07, 6.45) is 7.43. The molecule has 3 heteroatoms. The number of benzene rings is 1. The predicted molar refractivity (Wildman–Crippen MR) is 81.4 cm³/mol. The van der Waals surface area contributed by atoms with Crippen molar-refractivity contribution >= 4 is 0 Å². The summed E-state index contributed by atoms with van der Waals surface area (Å²) in [6.45, 7) is 2.07. The summed E-state index contributed by atoms with van der Waals surface area (Å²) in [5.41, 5.74) is 2.21. The lowest BCUT2D eigenvalue weighted by molar-refractivity contribution is 0.698. The van der Waals surface area contributed by atoms with Crippen molar-refractivity contribution in [2.75, 3.05) is 0 Å². The number of hydrogen-bond donors (Lipinski definition) is 0. The minimum absolute atomic E-state index is 0.0414. The molecule has 3 nitrogen and oxygen atoms in total. The monoisotopic (exact) mass is 266 g/mol. The van der Waals surface area contributed by atoms with Gasteiger partial charge in [0.05, 0.1) is 11.3 Å². The number of aromatic nitrogens is 2. The number of nitrogens with zero attached hydrogens (tertiary/aromatic N) is 2. The highest BCUT2D eigenvalue weighted by Crippen LogP contribution is 2.20. The first-order valence-corrected chi connectivity index (χ1v) is 6.76. The van der Waals surface area contributed by atoms with E-state index in [2.05, 4.69) is 17.8 Å². The largest absolute Gasteiger partial charge is 0.300 e. The van der Waals surface area contributed by atoms with Crippen LogP contribution in [0.5, 0.6) is 0 Å². The fourth-order valence-corrected chi connectivity index (χ4v) is 2.24. The summed E-state index contributed by atoms with van der Waals surface area (Å²) in [5, 5.41) is 0. The van der Waals surface area contributed by atoms with Gasteiger partial charge in [-0.25, -0.2) is 4.98 Å². The Morgan fingerprint density at radius 3 is 2.60 bits per heavy atom. The van der Waals surface area contributed by atoms with Gasteiger partial charge in [0, 0.05) is 25.5 Å². The van der Waals surface area contributed by atoms with Crippen molar-refractivity contribution in [2.24, 2.45) is 7.05 Å².